The highest BCUT2D eigenvalue weighted by Gasteiger charge is 2.34. The Morgan fingerprint density at radius 2 is 1.96 bits per heavy atom. The van der Waals surface area contributed by atoms with Crippen LogP contribution in [-0.2, 0) is 14.4 Å². The summed E-state index contributed by atoms with van der Waals surface area (Å²) in [6.07, 6.45) is 4.36. The number of anilines is 2. The fourth-order valence-electron chi connectivity index (χ4n) is 2.77. The maximum absolute atomic E-state index is 12.4. The van der Waals surface area contributed by atoms with Gasteiger partial charge in [0, 0.05) is 5.69 Å². The standard InChI is InChI=1S/C16H16N2O5/c19-14-8-23-13-6-5-9(7-12(13)18-14)17-15(20)10-3-1-2-4-11(10)16(21)22/h1-2,5-7,10-11H,3-4,8H2,(H,17,20)(H,18,19)(H,21,22)/t10-,11+/m0/s1. The molecule has 3 N–H and O–H groups in total. The summed E-state index contributed by atoms with van der Waals surface area (Å²) in [6.45, 7) is -0.0343. The summed E-state index contributed by atoms with van der Waals surface area (Å²) in [6, 6.07) is 4.90. The van der Waals surface area contributed by atoms with Crippen LogP contribution in [0.1, 0.15) is 12.8 Å². The van der Waals surface area contributed by atoms with Gasteiger partial charge in [0.2, 0.25) is 5.91 Å². The Hall–Kier alpha value is -2.83. The molecule has 0 saturated carbocycles. The van der Waals surface area contributed by atoms with Crippen molar-refractivity contribution in [2.24, 2.45) is 11.8 Å². The monoisotopic (exact) mass is 316 g/mol. The van der Waals surface area contributed by atoms with Crippen molar-refractivity contribution >= 4 is 29.2 Å². The van der Waals surface area contributed by atoms with Crippen molar-refractivity contribution in [3.63, 3.8) is 0 Å². The Labute approximate surface area is 132 Å². The third-order valence-electron chi connectivity index (χ3n) is 3.97. The zero-order chi connectivity index (χ0) is 16.4. The minimum atomic E-state index is -0.972. The van der Waals surface area contributed by atoms with E-state index in [0.717, 1.165) is 0 Å². The molecule has 1 aliphatic carbocycles. The molecule has 1 aliphatic heterocycles. The van der Waals surface area contributed by atoms with Gasteiger partial charge in [-0.15, -0.1) is 0 Å². The van der Waals surface area contributed by atoms with Gasteiger partial charge >= 0.3 is 5.97 Å². The van der Waals surface area contributed by atoms with Gasteiger partial charge in [0.25, 0.3) is 5.91 Å². The molecule has 3 rings (SSSR count). The average Bonchev–Trinajstić information content (AvgIpc) is 2.54. The molecule has 0 unspecified atom stereocenters. The largest absolute Gasteiger partial charge is 0.482 e. The minimum absolute atomic E-state index is 0.0343. The first-order valence-corrected chi connectivity index (χ1v) is 7.30. The molecule has 2 aliphatic rings. The molecule has 0 fully saturated rings. The van der Waals surface area contributed by atoms with Gasteiger partial charge in [0.15, 0.2) is 6.61 Å². The lowest BCUT2D eigenvalue weighted by Crippen LogP contribution is -2.34. The van der Waals surface area contributed by atoms with Crippen LogP contribution in [-0.4, -0.2) is 29.5 Å². The second-order valence-electron chi connectivity index (χ2n) is 5.53. The van der Waals surface area contributed by atoms with E-state index in [1.54, 1.807) is 24.3 Å². The van der Waals surface area contributed by atoms with Crippen LogP contribution >= 0.6 is 0 Å². The second kappa shape index (κ2) is 6.12. The van der Waals surface area contributed by atoms with Crippen LogP contribution in [0.2, 0.25) is 0 Å². The number of rotatable bonds is 3. The molecule has 0 aromatic heterocycles. The lowest BCUT2D eigenvalue weighted by atomic mass is 9.82. The molecule has 0 bridgehead atoms. The summed E-state index contributed by atoms with van der Waals surface area (Å²) >= 11 is 0. The molecule has 1 heterocycles. The number of aliphatic carboxylic acids is 1. The maximum Gasteiger partial charge on any atom is 0.307 e. The first-order valence-electron chi connectivity index (χ1n) is 7.30. The number of carbonyl (C=O) groups is 3. The Kier molecular flexibility index (Phi) is 4.01. The van der Waals surface area contributed by atoms with Crippen LogP contribution in [0.5, 0.6) is 5.75 Å². The SMILES string of the molecule is O=C1COc2ccc(NC(=O)[C@H]3CC=CC[C@H]3C(=O)O)cc2N1. The first kappa shape index (κ1) is 15.1. The highest BCUT2D eigenvalue weighted by Crippen LogP contribution is 2.32. The number of carboxylic acids is 1. The predicted octanol–water partition coefficient (Wildman–Crippen LogP) is 1.62. The highest BCUT2D eigenvalue weighted by molar-refractivity contribution is 5.99. The minimum Gasteiger partial charge on any atom is -0.482 e. The topological polar surface area (TPSA) is 105 Å². The third-order valence-corrected chi connectivity index (χ3v) is 3.97. The summed E-state index contributed by atoms with van der Waals surface area (Å²) in [7, 11) is 0. The van der Waals surface area contributed by atoms with E-state index in [2.05, 4.69) is 10.6 Å². The molecule has 23 heavy (non-hydrogen) atoms. The number of allylic oxidation sites excluding steroid dienone is 2. The van der Waals surface area contributed by atoms with Gasteiger partial charge in [0.1, 0.15) is 5.75 Å². The van der Waals surface area contributed by atoms with Crippen molar-refractivity contribution in [3.8, 4) is 5.75 Å². The van der Waals surface area contributed by atoms with Gasteiger partial charge in [-0.1, -0.05) is 12.2 Å². The van der Waals surface area contributed by atoms with Crippen molar-refractivity contribution in [3.05, 3.63) is 30.4 Å². The lowest BCUT2D eigenvalue weighted by molar-refractivity contribution is -0.146. The number of ether oxygens (including phenoxy) is 1. The molecular weight excluding hydrogens is 300 g/mol. The Balaban J connectivity index is 1.75. The molecule has 2 amide bonds. The van der Waals surface area contributed by atoms with Crippen molar-refractivity contribution in [2.75, 3.05) is 17.2 Å². The zero-order valence-electron chi connectivity index (χ0n) is 12.2. The van der Waals surface area contributed by atoms with E-state index in [0.29, 0.717) is 30.0 Å². The number of nitrogens with one attached hydrogen (secondary N) is 2. The van der Waals surface area contributed by atoms with Crippen molar-refractivity contribution in [1.82, 2.24) is 0 Å². The average molecular weight is 316 g/mol. The second-order valence-corrected chi connectivity index (χ2v) is 5.53. The normalized spacial score (nSPS) is 22.5. The van der Waals surface area contributed by atoms with Gasteiger partial charge in [-0.05, 0) is 31.0 Å². The fourth-order valence-corrected chi connectivity index (χ4v) is 2.77. The zero-order valence-corrected chi connectivity index (χ0v) is 12.2. The van der Waals surface area contributed by atoms with Gasteiger partial charge < -0.3 is 20.5 Å². The summed E-state index contributed by atoms with van der Waals surface area (Å²) in [5.41, 5.74) is 0.968. The fraction of sp³-hybridized carbons (Fsp3) is 0.312. The van der Waals surface area contributed by atoms with E-state index in [4.69, 9.17) is 4.74 Å². The Morgan fingerprint density at radius 3 is 2.70 bits per heavy atom. The highest BCUT2D eigenvalue weighted by atomic mass is 16.5. The number of carbonyl (C=O) groups excluding carboxylic acids is 2. The molecule has 7 heteroatoms. The number of carboxylic acid groups (broad SMARTS) is 1. The van der Waals surface area contributed by atoms with Gasteiger partial charge in [0.05, 0.1) is 17.5 Å². The summed E-state index contributed by atoms with van der Waals surface area (Å²) < 4.78 is 5.25. The van der Waals surface area contributed by atoms with E-state index >= 15 is 0 Å². The summed E-state index contributed by atoms with van der Waals surface area (Å²) in [5, 5.41) is 14.6. The number of hydrogen-bond donors (Lipinski definition) is 3. The van der Waals surface area contributed by atoms with Crippen LogP contribution in [0.15, 0.2) is 30.4 Å². The van der Waals surface area contributed by atoms with Crippen LogP contribution < -0.4 is 15.4 Å². The summed E-state index contributed by atoms with van der Waals surface area (Å²) in [4.78, 5) is 35.0. The summed E-state index contributed by atoms with van der Waals surface area (Å²) in [5.74, 6) is -2.37. The van der Waals surface area contributed by atoms with E-state index in [9.17, 15) is 19.5 Å². The van der Waals surface area contributed by atoms with Gasteiger partial charge in [-0.3, -0.25) is 14.4 Å². The Bertz CT molecular complexity index is 698. The van der Waals surface area contributed by atoms with Gasteiger partial charge in [-0.2, -0.15) is 0 Å². The molecule has 0 spiro atoms. The van der Waals surface area contributed by atoms with Crippen molar-refractivity contribution in [2.45, 2.75) is 12.8 Å². The molecule has 1 aromatic rings. The molecule has 120 valence electrons. The van der Waals surface area contributed by atoms with Crippen LogP contribution in [0, 0.1) is 11.8 Å². The Morgan fingerprint density at radius 1 is 1.22 bits per heavy atom. The number of amides is 2. The van der Waals surface area contributed by atoms with Crippen LogP contribution in [0.3, 0.4) is 0 Å². The number of hydrogen-bond acceptors (Lipinski definition) is 4. The molecular formula is C16H16N2O5. The predicted molar refractivity (Wildman–Crippen MR) is 82.2 cm³/mol. The van der Waals surface area contributed by atoms with E-state index < -0.39 is 17.8 Å². The van der Waals surface area contributed by atoms with Gasteiger partial charge in [-0.25, -0.2) is 0 Å². The maximum atomic E-state index is 12.4. The molecule has 2 atom stereocenters. The first-order chi connectivity index (χ1) is 11.0. The quantitative estimate of drug-likeness (QED) is 0.735. The van der Waals surface area contributed by atoms with Crippen molar-refractivity contribution < 1.29 is 24.2 Å². The molecule has 0 radical (unpaired) electrons. The molecule has 1 aromatic carbocycles. The number of benzene rings is 1. The molecule has 0 saturated heterocycles. The van der Waals surface area contributed by atoms with Crippen molar-refractivity contribution in [1.29, 1.82) is 0 Å². The third kappa shape index (κ3) is 3.18. The lowest BCUT2D eigenvalue weighted by Gasteiger charge is -2.24. The van der Waals surface area contributed by atoms with Crippen LogP contribution in [0.25, 0.3) is 0 Å². The van der Waals surface area contributed by atoms with E-state index in [1.165, 1.54) is 0 Å². The van der Waals surface area contributed by atoms with E-state index in [-0.39, 0.29) is 18.4 Å². The van der Waals surface area contributed by atoms with Crippen LogP contribution in [0.4, 0.5) is 11.4 Å². The number of fused-ring (bicyclic) bond motifs is 1. The smallest absolute Gasteiger partial charge is 0.307 e. The van der Waals surface area contributed by atoms with E-state index in [1.807, 2.05) is 6.08 Å². The molecule has 7 nitrogen and oxygen atoms in total.